The normalized spacial score (nSPS) is 18.6. The Labute approximate surface area is 152 Å². The highest BCUT2D eigenvalue weighted by Gasteiger charge is 2.26. The first kappa shape index (κ1) is 18.1. The number of aromatic nitrogens is 1. The molecule has 1 aliphatic rings. The summed E-state index contributed by atoms with van der Waals surface area (Å²) in [5.41, 5.74) is 7.80. The van der Waals surface area contributed by atoms with Gasteiger partial charge in [0.25, 0.3) is 5.91 Å². The Kier molecular flexibility index (Phi) is 5.56. The number of piperidine rings is 1. The maximum atomic E-state index is 12.3. The highest BCUT2D eigenvalue weighted by molar-refractivity contribution is 7.21. The maximum absolute atomic E-state index is 12.3. The number of carbonyl (C=O) groups is 1. The Morgan fingerprint density at radius 3 is 2.96 bits per heavy atom. The molecule has 2 aromatic heterocycles. The molecule has 7 heteroatoms. The third-order valence-electron chi connectivity index (χ3n) is 4.75. The van der Waals surface area contributed by atoms with Gasteiger partial charge in [0.1, 0.15) is 9.71 Å². The molecule has 2 aromatic rings. The molecule has 2 N–H and O–H groups in total. The standard InChI is InChI=1S/C18H26N4O2S/c1-21(2)18(23)16-15(19)12-7-8-13(20-17(12)25-16)14-6-4-5-9-22(14)10-11-24-3/h7-8,14H,4-6,9-11,19H2,1-3H3/t14-/m1/s1. The van der Waals surface area contributed by atoms with Gasteiger partial charge < -0.3 is 15.4 Å². The van der Waals surface area contributed by atoms with E-state index in [1.165, 1.54) is 24.2 Å². The molecule has 1 amide bonds. The number of anilines is 1. The van der Waals surface area contributed by atoms with Gasteiger partial charge in [0.2, 0.25) is 0 Å². The van der Waals surface area contributed by atoms with Crippen molar-refractivity contribution in [2.45, 2.75) is 25.3 Å². The molecule has 1 saturated heterocycles. The van der Waals surface area contributed by atoms with Gasteiger partial charge in [-0.25, -0.2) is 4.98 Å². The molecule has 0 radical (unpaired) electrons. The first-order valence-electron chi connectivity index (χ1n) is 8.66. The number of ether oxygens (including phenoxy) is 1. The minimum Gasteiger partial charge on any atom is -0.397 e. The predicted molar refractivity (Wildman–Crippen MR) is 102 cm³/mol. The van der Waals surface area contributed by atoms with Gasteiger partial charge in [0, 0.05) is 33.1 Å². The van der Waals surface area contributed by atoms with Gasteiger partial charge in [0.15, 0.2) is 0 Å². The zero-order chi connectivity index (χ0) is 18.0. The summed E-state index contributed by atoms with van der Waals surface area (Å²) in [6.07, 6.45) is 3.53. The van der Waals surface area contributed by atoms with E-state index in [-0.39, 0.29) is 5.91 Å². The Hall–Kier alpha value is -1.70. The zero-order valence-electron chi connectivity index (χ0n) is 15.1. The molecule has 136 valence electrons. The van der Waals surface area contributed by atoms with Gasteiger partial charge in [0.05, 0.1) is 24.0 Å². The van der Waals surface area contributed by atoms with Crippen molar-refractivity contribution >= 4 is 33.1 Å². The number of carbonyl (C=O) groups excluding carboxylic acids is 1. The van der Waals surface area contributed by atoms with Crippen LogP contribution in [0.2, 0.25) is 0 Å². The van der Waals surface area contributed by atoms with Gasteiger partial charge >= 0.3 is 0 Å². The molecule has 0 aliphatic carbocycles. The van der Waals surface area contributed by atoms with Crippen molar-refractivity contribution in [3.05, 3.63) is 22.7 Å². The summed E-state index contributed by atoms with van der Waals surface area (Å²) in [5, 5.41) is 0.873. The predicted octanol–water partition coefficient (Wildman–Crippen LogP) is 2.75. The number of nitrogens with two attached hydrogens (primary N) is 1. The lowest BCUT2D eigenvalue weighted by Gasteiger charge is -2.35. The molecule has 25 heavy (non-hydrogen) atoms. The van der Waals surface area contributed by atoms with Crippen LogP contribution in [0.25, 0.3) is 10.2 Å². The van der Waals surface area contributed by atoms with Gasteiger partial charge in [-0.2, -0.15) is 0 Å². The van der Waals surface area contributed by atoms with Crippen LogP contribution in [0.5, 0.6) is 0 Å². The molecule has 0 spiro atoms. The Balaban J connectivity index is 1.93. The number of nitrogen functional groups attached to an aromatic ring is 1. The maximum Gasteiger partial charge on any atom is 0.265 e. The molecule has 0 aromatic carbocycles. The van der Waals surface area contributed by atoms with E-state index in [1.54, 1.807) is 26.1 Å². The SMILES string of the molecule is COCCN1CCCC[C@@H]1c1ccc2c(N)c(C(=O)N(C)C)sc2n1. The van der Waals surface area contributed by atoms with E-state index in [9.17, 15) is 4.79 Å². The van der Waals surface area contributed by atoms with Crippen LogP contribution in [0.4, 0.5) is 5.69 Å². The topological polar surface area (TPSA) is 71.7 Å². The minimum atomic E-state index is -0.0681. The zero-order valence-corrected chi connectivity index (χ0v) is 15.9. The second-order valence-corrected chi connectivity index (χ2v) is 7.67. The number of fused-ring (bicyclic) bond motifs is 1. The number of rotatable bonds is 5. The summed E-state index contributed by atoms with van der Waals surface area (Å²) in [4.78, 5) is 22.6. The van der Waals surface area contributed by atoms with Gasteiger partial charge in [-0.1, -0.05) is 6.42 Å². The van der Waals surface area contributed by atoms with Crippen molar-refractivity contribution in [2.24, 2.45) is 0 Å². The molecule has 3 heterocycles. The van der Waals surface area contributed by atoms with E-state index >= 15 is 0 Å². The van der Waals surface area contributed by atoms with Crippen molar-refractivity contribution in [2.75, 3.05) is 46.6 Å². The molecule has 0 unspecified atom stereocenters. The van der Waals surface area contributed by atoms with Crippen LogP contribution >= 0.6 is 11.3 Å². The molecular formula is C18H26N4O2S. The van der Waals surface area contributed by atoms with Crippen molar-refractivity contribution in [3.8, 4) is 0 Å². The van der Waals surface area contributed by atoms with E-state index in [0.29, 0.717) is 16.6 Å². The summed E-state index contributed by atoms with van der Waals surface area (Å²) < 4.78 is 5.25. The number of amides is 1. The Bertz CT molecular complexity index is 759. The molecule has 3 rings (SSSR count). The second kappa shape index (κ2) is 7.68. The number of pyridine rings is 1. The first-order chi connectivity index (χ1) is 12.0. The third kappa shape index (κ3) is 3.63. The molecule has 1 aliphatic heterocycles. The molecule has 1 atom stereocenters. The average Bonchev–Trinajstić information content (AvgIpc) is 2.95. The highest BCUT2D eigenvalue weighted by atomic mass is 32.1. The number of hydrogen-bond donors (Lipinski definition) is 1. The number of likely N-dealkylation sites (tertiary alicyclic amines) is 1. The number of nitrogens with zero attached hydrogens (tertiary/aromatic N) is 3. The van der Waals surface area contributed by atoms with E-state index < -0.39 is 0 Å². The van der Waals surface area contributed by atoms with Gasteiger partial charge in [-0.15, -0.1) is 11.3 Å². The summed E-state index contributed by atoms with van der Waals surface area (Å²) in [5.74, 6) is -0.0681. The van der Waals surface area contributed by atoms with Crippen LogP contribution in [-0.2, 0) is 4.74 Å². The Morgan fingerprint density at radius 1 is 1.44 bits per heavy atom. The number of thiophene rings is 1. The molecular weight excluding hydrogens is 336 g/mol. The van der Waals surface area contributed by atoms with Crippen LogP contribution in [0.3, 0.4) is 0 Å². The van der Waals surface area contributed by atoms with Gasteiger partial charge in [-0.05, 0) is 31.5 Å². The third-order valence-corrected chi connectivity index (χ3v) is 5.86. The van der Waals surface area contributed by atoms with E-state index in [4.69, 9.17) is 15.5 Å². The fraction of sp³-hybridized carbons (Fsp3) is 0.556. The summed E-state index contributed by atoms with van der Waals surface area (Å²) in [6.45, 7) is 2.72. The molecule has 0 saturated carbocycles. The first-order valence-corrected chi connectivity index (χ1v) is 9.48. The Morgan fingerprint density at radius 2 is 2.24 bits per heavy atom. The van der Waals surface area contributed by atoms with Crippen molar-refractivity contribution in [1.29, 1.82) is 0 Å². The summed E-state index contributed by atoms with van der Waals surface area (Å²) >= 11 is 1.39. The largest absolute Gasteiger partial charge is 0.397 e. The summed E-state index contributed by atoms with van der Waals surface area (Å²) in [6, 6.07) is 4.38. The highest BCUT2D eigenvalue weighted by Crippen LogP contribution is 2.36. The summed E-state index contributed by atoms with van der Waals surface area (Å²) in [7, 11) is 5.21. The minimum absolute atomic E-state index is 0.0681. The number of hydrogen-bond acceptors (Lipinski definition) is 6. The van der Waals surface area contributed by atoms with Crippen molar-refractivity contribution in [3.63, 3.8) is 0 Å². The smallest absolute Gasteiger partial charge is 0.265 e. The van der Waals surface area contributed by atoms with Crippen molar-refractivity contribution in [1.82, 2.24) is 14.8 Å². The van der Waals surface area contributed by atoms with E-state index in [1.807, 2.05) is 6.07 Å². The van der Waals surface area contributed by atoms with Crippen molar-refractivity contribution < 1.29 is 9.53 Å². The second-order valence-electron chi connectivity index (χ2n) is 6.67. The molecule has 6 nitrogen and oxygen atoms in total. The molecule has 1 fully saturated rings. The fourth-order valence-electron chi connectivity index (χ4n) is 3.36. The van der Waals surface area contributed by atoms with E-state index in [0.717, 1.165) is 42.0 Å². The monoisotopic (exact) mass is 362 g/mol. The van der Waals surface area contributed by atoms with Crippen LogP contribution in [0.15, 0.2) is 12.1 Å². The lowest BCUT2D eigenvalue weighted by atomic mass is 9.98. The molecule has 0 bridgehead atoms. The van der Waals surface area contributed by atoms with E-state index in [2.05, 4.69) is 11.0 Å². The van der Waals surface area contributed by atoms with Gasteiger partial charge in [-0.3, -0.25) is 9.69 Å². The van der Waals surface area contributed by atoms with Crippen LogP contribution in [0.1, 0.15) is 40.7 Å². The average molecular weight is 362 g/mol. The quantitative estimate of drug-likeness (QED) is 0.885. The lowest BCUT2D eigenvalue weighted by molar-refractivity contribution is 0.0833. The van der Waals surface area contributed by atoms with Crippen LogP contribution in [-0.4, -0.2) is 61.6 Å². The fourth-order valence-corrected chi connectivity index (χ4v) is 4.48. The van der Waals surface area contributed by atoms with Crippen LogP contribution < -0.4 is 5.73 Å². The van der Waals surface area contributed by atoms with Crippen LogP contribution in [0, 0.1) is 0 Å². The lowest BCUT2D eigenvalue weighted by Crippen LogP contribution is -2.36. The number of methoxy groups -OCH3 is 1.